The van der Waals surface area contributed by atoms with Gasteiger partial charge >= 0.3 is 5.97 Å². The molecule has 154 valence electrons. The second-order valence-electron chi connectivity index (χ2n) is 6.59. The zero-order valence-corrected chi connectivity index (χ0v) is 17.6. The fourth-order valence-electron chi connectivity index (χ4n) is 2.88. The summed E-state index contributed by atoms with van der Waals surface area (Å²) in [6.07, 6.45) is 0. The highest BCUT2D eigenvalue weighted by Crippen LogP contribution is 2.29. The molecule has 0 aliphatic carbocycles. The maximum atomic E-state index is 12.4. The largest absolute Gasteiger partial charge is 0.478 e. The third kappa shape index (κ3) is 5.09. The average Bonchev–Trinajstić information content (AvgIpc) is 3.23. The number of aromatic nitrogens is 1. The second-order valence-corrected chi connectivity index (χ2v) is 7.89. The number of nitrogens with zero attached hydrogens (tertiary/aromatic N) is 1. The van der Waals surface area contributed by atoms with Crippen LogP contribution < -0.4 is 10.6 Å². The van der Waals surface area contributed by atoms with E-state index < -0.39 is 5.97 Å². The van der Waals surface area contributed by atoms with E-state index in [1.54, 1.807) is 48.5 Å². The van der Waals surface area contributed by atoms with Gasteiger partial charge in [0, 0.05) is 32.9 Å². The molecule has 3 aromatic carbocycles. The van der Waals surface area contributed by atoms with Crippen LogP contribution in [0.15, 0.2) is 78.2 Å². The number of carbonyl (C=O) groups excluding carboxylic acids is 1. The van der Waals surface area contributed by atoms with Crippen LogP contribution in [0, 0.1) is 0 Å². The molecule has 1 aromatic heterocycles. The molecule has 1 amide bonds. The smallest absolute Gasteiger partial charge is 0.335 e. The highest BCUT2D eigenvalue weighted by Gasteiger charge is 2.10. The Labute approximate surface area is 187 Å². The van der Waals surface area contributed by atoms with Crippen molar-refractivity contribution in [3.8, 4) is 11.3 Å². The van der Waals surface area contributed by atoms with Crippen molar-refractivity contribution < 1.29 is 14.7 Å². The number of hydrogen-bond donors (Lipinski definition) is 3. The van der Waals surface area contributed by atoms with Crippen molar-refractivity contribution in [3.63, 3.8) is 0 Å². The third-order valence-electron chi connectivity index (χ3n) is 4.39. The van der Waals surface area contributed by atoms with Gasteiger partial charge in [0.05, 0.1) is 11.3 Å². The summed E-state index contributed by atoms with van der Waals surface area (Å²) in [5, 5.41) is 18.2. The van der Waals surface area contributed by atoms with Gasteiger partial charge in [0.2, 0.25) is 0 Å². The lowest BCUT2D eigenvalue weighted by Gasteiger charge is -2.07. The van der Waals surface area contributed by atoms with Gasteiger partial charge in [0.25, 0.3) is 5.91 Å². The standard InChI is InChI=1S/C23H16ClN3O3S/c24-17-9-7-14(8-10-17)21(28)25-18-5-1-3-15(11-18)20-13-31-23(27-20)26-19-6-2-4-16(12-19)22(29)30/h1-13H,(H,25,28)(H,26,27)(H,29,30). The Morgan fingerprint density at radius 3 is 2.42 bits per heavy atom. The molecule has 4 rings (SSSR count). The predicted octanol–water partition coefficient (Wildman–Crippen LogP) is 6.16. The van der Waals surface area contributed by atoms with Crippen LogP contribution in [-0.4, -0.2) is 22.0 Å². The molecule has 0 bridgehead atoms. The number of aromatic carboxylic acids is 1. The molecule has 0 aliphatic heterocycles. The molecule has 0 fully saturated rings. The number of carbonyl (C=O) groups is 2. The topological polar surface area (TPSA) is 91.3 Å². The van der Waals surface area contributed by atoms with Gasteiger partial charge in [0.15, 0.2) is 5.13 Å². The predicted molar refractivity (Wildman–Crippen MR) is 124 cm³/mol. The van der Waals surface area contributed by atoms with Crippen LogP contribution in [0.3, 0.4) is 0 Å². The fourth-order valence-corrected chi connectivity index (χ4v) is 3.74. The number of thiazole rings is 1. The highest BCUT2D eigenvalue weighted by atomic mass is 35.5. The SMILES string of the molecule is O=C(O)c1cccc(Nc2nc(-c3cccc(NC(=O)c4ccc(Cl)cc4)c3)cs2)c1. The van der Waals surface area contributed by atoms with Crippen LogP contribution in [0.1, 0.15) is 20.7 Å². The van der Waals surface area contributed by atoms with Crippen LogP contribution >= 0.6 is 22.9 Å². The van der Waals surface area contributed by atoms with Crippen LogP contribution in [0.5, 0.6) is 0 Å². The zero-order valence-electron chi connectivity index (χ0n) is 16.0. The Hall–Kier alpha value is -3.68. The van der Waals surface area contributed by atoms with Gasteiger partial charge in [-0.2, -0.15) is 0 Å². The Balaban J connectivity index is 1.49. The number of carboxylic acids is 1. The Morgan fingerprint density at radius 2 is 1.65 bits per heavy atom. The molecule has 0 unspecified atom stereocenters. The van der Waals surface area contributed by atoms with Gasteiger partial charge in [-0.15, -0.1) is 11.3 Å². The molecular weight excluding hydrogens is 434 g/mol. The molecule has 0 radical (unpaired) electrons. The summed E-state index contributed by atoms with van der Waals surface area (Å²) in [5.74, 6) is -1.21. The van der Waals surface area contributed by atoms with E-state index in [0.717, 1.165) is 11.3 Å². The Morgan fingerprint density at radius 1 is 0.903 bits per heavy atom. The first-order valence-electron chi connectivity index (χ1n) is 9.21. The van der Waals surface area contributed by atoms with Crippen molar-refractivity contribution >= 4 is 51.3 Å². The van der Waals surface area contributed by atoms with E-state index in [1.807, 2.05) is 23.6 Å². The average molecular weight is 450 g/mol. The van der Waals surface area contributed by atoms with Crippen molar-refractivity contribution in [2.24, 2.45) is 0 Å². The van der Waals surface area contributed by atoms with Crippen molar-refractivity contribution in [1.29, 1.82) is 0 Å². The van der Waals surface area contributed by atoms with Gasteiger partial charge in [-0.05, 0) is 54.6 Å². The molecule has 0 saturated heterocycles. The lowest BCUT2D eigenvalue weighted by Crippen LogP contribution is -2.11. The Kier molecular flexibility index (Phi) is 5.97. The van der Waals surface area contributed by atoms with Gasteiger partial charge in [-0.25, -0.2) is 9.78 Å². The summed E-state index contributed by atoms with van der Waals surface area (Å²) in [6.45, 7) is 0. The summed E-state index contributed by atoms with van der Waals surface area (Å²) in [7, 11) is 0. The number of anilines is 3. The first kappa shape index (κ1) is 20.6. The molecule has 4 aromatic rings. The quantitative estimate of drug-likeness (QED) is 0.328. The minimum atomic E-state index is -0.985. The number of amides is 1. The van der Waals surface area contributed by atoms with E-state index in [0.29, 0.717) is 27.1 Å². The molecule has 0 aliphatic rings. The van der Waals surface area contributed by atoms with Crippen molar-refractivity contribution in [1.82, 2.24) is 4.98 Å². The van der Waals surface area contributed by atoms with E-state index >= 15 is 0 Å². The van der Waals surface area contributed by atoms with Crippen LogP contribution in [0.25, 0.3) is 11.3 Å². The van der Waals surface area contributed by atoms with Gasteiger partial charge in [0.1, 0.15) is 0 Å². The molecule has 0 spiro atoms. The monoisotopic (exact) mass is 449 g/mol. The minimum Gasteiger partial charge on any atom is -0.478 e. The summed E-state index contributed by atoms with van der Waals surface area (Å²) in [4.78, 5) is 28.1. The van der Waals surface area contributed by atoms with E-state index in [-0.39, 0.29) is 11.5 Å². The molecule has 1 heterocycles. The normalized spacial score (nSPS) is 10.5. The van der Waals surface area contributed by atoms with E-state index in [9.17, 15) is 9.59 Å². The number of benzene rings is 3. The highest BCUT2D eigenvalue weighted by molar-refractivity contribution is 7.14. The molecule has 0 saturated carbocycles. The van der Waals surface area contributed by atoms with Crippen molar-refractivity contribution in [3.05, 3.63) is 94.3 Å². The molecule has 8 heteroatoms. The summed E-state index contributed by atoms with van der Waals surface area (Å²) >= 11 is 7.27. The minimum absolute atomic E-state index is 0.200. The maximum absolute atomic E-state index is 12.4. The number of rotatable bonds is 6. The molecule has 6 nitrogen and oxygen atoms in total. The lowest BCUT2D eigenvalue weighted by molar-refractivity contribution is 0.0696. The molecule has 3 N–H and O–H groups in total. The van der Waals surface area contributed by atoms with E-state index in [1.165, 1.54) is 17.4 Å². The second kappa shape index (κ2) is 8.99. The number of hydrogen-bond acceptors (Lipinski definition) is 5. The van der Waals surface area contributed by atoms with Crippen LogP contribution in [-0.2, 0) is 0 Å². The summed E-state index contributed by atoms with van der Waals surface area (Å²) in [5.41, 5.74) is 3.59. The van der Waals surface area contributed by atoms with Crippen LogP contribution in [0.2, 0.25) is 5.02 Å². The summed E-state index contributed by atoms with van der Waals surface area (Å²) in [6, 6.07) is 20.6. The Bertz CT molecular complexity index is 1250. The van der Waals surface area contributed by atoms with Gasteiger partial charge in [-0.3, -0.25) is 4.79 Å². The van der Waals surface area contributed by atoms with Gasteiger partial charge < -0.3 is 15.7 Å². The van der Waals surface area contributed by atoms with E-state index in [2.05, 4.69) is 15.6 Å². The first-order chi connectivity index (χ1) is 15.0. The van der Waals surface area contributed by atoms with Gasteiger partial charge in [-0.1, -0.05) is 29.8 Å². The third-order valence-corrected chi connectivity index (χ3v) is 5.40. The lowest BCUT2D eigenvalue weighted by atomic mass is 10.1. The number of halogens is 1. The number of carboxylic acid groups (broad SMARTS) is 1. The molecule has 31 heavy (non-hydrogen) atoms. The maximum Gasteiger partial charge on any atom is 0.335 e. The molecule has 0 atom stereocenters. The van der Waals surface area contributed by atoms with E-state index in [4.69, 9.17) is 16.7 Å². The zero-order chi connectivity index (χ0) is 21.8. The molecular formula is C23H16ClN3O3S. The fraction of sp³-hybridized carbons (Fsp3) is 0. The first-order valence-corrected chi connectivity index (χ1v) is 10.5. The van der Waals surface area contributed by atoms with Crippen molar-refractivity contribution in [2.45, 2.75) is 0 Å². The number of nitrogens with one attached hydrogen (secondary N) is 2. The summed E-state index contributed by atoms with van der Waals surface area (Å²) < 4.78 is 0. The van der Waals surface area contributed by atoms with Crippen molar-refractivity contribution in [2.75, 3.05) is 10.6 Å². The van der Waals surface area contributed by atoms with Crippen LogP contribution in [0.4, 0.5) is 16.5 Å².